The minimum atomic E-state index is -3.50. The van der Waals surface area contributed by atoms with Gasteiger partial charge in [-0.25, -0.2) is 13.1 Å². The highest BCUT2D eigenvalue weighted by Crippen LogP contribution is 2.16. The topological polar surface area (TPSA) is 60.3 Å². The van der Waals surface area contributed by atoms with Crippen molar-refractivity contribution in [1.82, 2.24) is 9.29 Å². The van der Waals surface area contributed by atoms with Crippen molar-refractivity contribution in [3.05, 3.63) is 18.0 Å². The Morgan fingerprint density at radius 1 is 1.56 bits per heavy atom. The number of nitrogens with zero attached hydrogens (tertiary/aromatic N) is 1. The van der Waals surface area contributed by atoms with Gasteiger partial charge in [-0.05, 0) is 19.9 Å². The molecule has 0 spiro atoms. The molecule has 5 nitrogen and oxygen atoms in total. The van der Waals surface area contributed by atoms with Crippen molar-refractivity contribution in [1.29, 1.82) is 0 Å². The maximum atomic E-state index is 12.0. The molecule has 1 aromatic rings. The molecular weight excluding hydrogens is 276 g/mol. The van der Waals surface area contributed by atoms with Gasteiger partial charge >= 0.3 is 0 Å². The number of nitrogens with one attached hydrogen (secondary N) is 1. The number of aryl methyl sites for hydroxylation is 1. The molecule has 0 aliphatic heterocycles. The number of alkyl halides is 1. The average Bonchev–Trinajstić information content (AvgIpc) is 2.79. The molecule has 0 saturated heterocycles. The van der Waals surface area contributed by atoms with Gasteiger partial charge in [-0.1, -0.05) is 0 Å². The molecule has 0 fully saturated rings. The zero-order valence-electron chi connectivity index (χ0n) is 10.8. The second-order valence-corrected chi connectivity index (χ2v) is 6.02. The molecule has 0 radical (unpaired) electrons. The van der Waals surface area contributed by atoms with Crippen LogP contribution in [-0.4, -0.2) is 32.7 Å². The Kier molecular flexibility index (Phi) is 5.65. The summed E-state index contributed by atoms with van der Waals surface area (Å²) >= 11 is 5.77. The van der Waals surface area contributed by atoms with Gasteiger partial charge in [0.05, 0.1) is 16.9 Å². The molecule has 1 unspecified atom stereocenters. The third-order valence-corrected chi connectivity index (χ3v) is 4.38. The van der Waals surface area contributed by atoms with Crippen molar-refractivity contribution in [2.24, 2.45) is 0 Å². The first kappa shape index (κ1) is 15.5. The van der Waals surface area contributed by atoms with Crippen LogP contribution in [0.25, 0.3) is 0 Å². The summed E-state index contributed by atoms with van der Waals surface area (Å²) < 4.78 is 33.4. The summed E-state index contributed by atoms with van der Waals surface area (Å²) in [7, 11) is -1.96. The lowest BCUT2D eigenvalue weighted by molar-refractivity contribution is 0.122. The Morgan fingerprint density at radius 3 is 2.67 bits per heavy atom. The highest BCUT2D eigenvalue weighted by Gasteiger charge is 2.18. The van der Waals surface area contributed by atoms with E-state index in [1.165, 1.54) is 7.11 Å². The molecule has 0 aliphatic rings. The second kappa shape index (κ2) is 6.56. The highest BCUT2D eigenvalue weighted by atomic mass is 35.5. The molecule has 1 rings (SSSR count). The lowest BCUT2D eigenvalue weighted by Gasteiger charge is -2.10. The minimum absolute atomic E-state index is 0.166. The monoisotopic (exact) mass is 294 g/mol. The van der Waals surface area contributed by atoms with E-state index in [1.54, 1.807) is 19.2 Å². The van der Waals surface area contributed by atoms with Crippen LogP contribution in [0.15, 0.2) is 17.2 Å². The molecule has 18 heavy (non-hydrogen) atoms. The summed E-state index contributed by atoms with van der Waals surface area (Å²) in [5, 5.41) is 0. The molecule has 0 amide bonds. The summed E-state index contributed by atoms with van der Waals surface area (Å²) in [5.41, 5.74) is 0.791. The van der Waals surface area contributed by atoms with E-state index in [1.807, 2.05) is 11.5 Å². The van der Waals surface area contributed by atoms with Gasteiger partial charge in [0.1, 0.15) is 0 Å². The zero-order chi connectivity index (χ0) is 13.8. The molecule has 0 aromatic carbocycles. The van der Waals surface area contributed by atoms with Crippen LogP contribution in [0.2, 0.25) is 0 Å². The zero-order valence-corrected chi connectivity index (χ0v) is 12.4. The van der Waals surface area contributed by atoms with E-state index in [9.17, 15) is 8.42 Å². The van der Waals surface area contributed by atoms with Crippen LogP contribution in [0.4, 0.5) is 0 Å². The fourth-order valence-electron chi connectivity index (χ4n) is 1.47. The first-order valence-corrected chi connectivity index (χ1v) is 7.73. The van der Waals surface area contributed by atoms with Crippen LogP contribution in [-0.2, 0) is 27.2 Å². The van der Waals surface area contributed by atoms with Crippen molar-refractivity contribution in [2.45, 2.75) is 37.3 Å². The van der Waals surface area contributed by atoms with E-state index >= 15 is 0 Å². The standard InChI is InChI=1S/C11H19ClN2O3S/c1-4-14-8-11(5-10(14)6-12)18(15,16)13-7-9(2)17-3/h5,8-9,13H,4,6-7H2,1-3H3. The van der Waals surface area contributed by atoms with Crippen LogP contribution in [0.3, 0.4) is 0 Å². The normalized spacial score (nSPS) is 13.8. The Bertz CT molecular complexity index is 463. The predicted octanol–water partition coefficient (Wildman–Crippen LogP) is 1.56. The number of rotatable bonds is 7. The lowest BCUT2D eigenvalue weighted by Crippen LogP contribution is -2.31. The van der Waals surface area contributed by atoms with Gasteiger partial charge < -0.3 is 9.30 Å². The summed E-state index contributed by atoms with van der Waals surface area (Å²) in [4.78, 5) is 0.239. The highest BCUT2D eigenvalue weighted by molar-refractivity contribution is 7.89. The van der Waals surface area contributed by atoms with Gasteiger partial charge in [-0.3, -0.25) is 0 Å². The first-order valence-electron chi connectivity index (χ1n) is 5.72. The number of ether oxygens (including phenoxy) is 1. The van der Waals surface area contributed by atoms with Crippen molar-refractivity contribution in [3.8, 4) is 0 Å². The largest absolute Gasteiger partial charge is 0.380 e. The molecule has 1 heterocycles. The van der Waals surface area contributed by atoms with Crippen molar-refractivity contribution >= 4 is 21.6 Å². The Labute approximate surface area is 113 Å². The molecule has 0 bridgehead atoms. The van der Waals surface area contributed by atoms with Crippen LogP contribution < -0.4 is 4.72 Å². The maximum Gasteiger partial charge on any atom is 0.242 e. The summed E-state index contributed by atoms with van der Waals surface area (Å²) in [6, 6.07) is 1.59. The molecule has 7 heteroatoms. The second-order valence-electron chi connectivity index (χ2n) is 3.99. The van der Waals surface area contributed by atoms with Crippen LogP contribution in [0.5, 0.6) is 0 Å². The van der Waals surface area contributed by atoms with Crippen molar-refractivity contribution in [2.75, 3.05) is 13.7 Å². The van der Waals surface area contributed by atoms with Crippen molar-refractivity contribution < 1.29 is 13.2 Å². The quantitative estimate of drug-likeness (QED) is 0.776. The molecule has 0 aliphatic carbocycles. The van der Waals surface area contributed by atoms with E-state index in [0.29, 0.717) is 6.54 Å². The number of hydrogen-bond acceptors (Lipinski definition) is 3. The molecule has 0 saturated carbocycles. The van der Waals surface area contributed by atoms with Gasteiger partial charge in [0.25, 0.3) is 0 Å². The Hall–Kier alpha value is -0.560. The third-order valence-electron chi connectivity index (χ3n) is 2.71. The van der Waals surface area contributed by atoms with E-state index in [-0.39, 0.29) is 23.4 Å². The predicted molar refractivity (Wildman–Crippen MR) is 71.3 cm³/mol. The van der Waals surface area contributed by atoms with Gasteiger partial charge in [0.15, 0.2) is 0 Å². The molecule has 1 atom stereocenters. The van der Waals surface area contributed by atoms with Gasteiger partial charge in [-0.2, -0.15) is 0 Å². The fraction of sp³-hybridized carbons (Fsp3) is 0.636. The molecule has 1 aromatic heterocycles. The number of halogens is 1. The molecule has 104 valence electrons. The maximum absolute atomic E-state index is 12.0. The number of sulfonamides is 1. The van der Waals surface area contributed by atoms with E-state index in [4.69, 9.17) is 16.3 Å². The Balaban J connectivity index is 2.88. The summed E-state index contributed by atoms with van der Waals surface area (Å²) in [5.74, 6) is 0.290. The Morgan fingerprint density at radius 2 is 2.22 bits per heavy atom. The van der Waals surface area contributed by atoms with E-state index in [0.717, 1.165) is 5.69 Å². The minimum Gasteiger partial charge on any atom is -0.380 e. The first-order chi connectivity index (χ1) is 8.44. The summed E-state index contributed by atoms with van der Waals surface area (Å²) in [6.07, 6.45) is 1.43. The van der Waals surface area contributed by atoms with Gasteiger partial charge in [0.2, 0.25) is 10.0 Å². The fourth-order valence-corrected chi connectivity index (χ4v) is 2.88. The van der Waals surface area contributed by atoms with Gasteiger partial charge in [-0.15, -0.1) is 11.6 Å². The number of methoxy groups -OCH3 is 1. The number of hydrogen-bond donors (Lipinski definition) is 1. The summed E-state index contributed by atoms with van der Waals surface area (Å²) in [6.45, 7) is 4.66. The molecule has 1 N–H and O–H groups in total. The van der Waals surface area contributed by atoms with E-state index in [2.05, 4.69) is 4.72 Å². The van der Waals surface area contributed by atoms with Crippen LogP contribution in [0.1, 0.15) is 19.5 Å². The average molecular weight is 295 g/mol. The molecular formula is C11H19ClN2O3S. The van der Waals surface area contributed by atoms with Crippen molar-refractivity contribution in [3.63, 3.8) is 0 Å². The van der Waals surface area contributed by atoms with Crippen LogP contribution >= 0.6 is 11.6 Å². The third kappa shape index (κ3) is 3.71. The number of aromatic nitrogens is 1. The smallest absolute Gasteiger partial charge is 0.242 e. The lowest BCUT2D eigenvalue weighted by atomic mass is 10.4. The SMILES string of the molecule is CCn1cc(S(=O)(=O)NCC(C)OC)cc1CCl. The van der Waals surface area contributed by atoms with E-state index < -0.39 is 10.0 Å². The van der Waals surface area contributed by atoms with Crippen LogP contribution in [0, 0.1) is 0 Å². The van der Waals surface area contributed by atoms with Gasteiger partial charge in [0, 0.05) is 32.1 Å².